The van der Waals surface area contributed by atoms with E-state index in [4.69, 9.17) is 32.7 Å². The van der Waals surface area contributed by atoms with Crippen LogP contribution in [-0.2, 0) is 13.1 Å². The van der Waals surface area contributed by atoms with Gasteiger partial charge in [-0.2, -0.15) is 0 Å². The fourth-order valence-electron chi connectivity index (χ4n) is 4.21. The molecule has 2 aliphatic rings. The molecule has 5 rings (SSSR count). The lowest BCUT2D eigenvalue weighted by Crippen LogP contribution is -2.32. The first-order chi connectivity index (χ1) is 15.4. The zero-order valence-electron chi connectivity index (χ0n) is 17.7. The second-order valence-electron chi connectivity index (χ2n) is 8.23. The van der Waals surface area contributed by atoms with Gasteiger partial charge in [-0.15, -0.1) is 0 Å². The van der Waals surface area contributed by atoms with E-state index in [0.717, 1.165) is 33.6 Å². The van der Waals surface area contributed by atoms with Crippen molar-refractivity contribution >= 4 is 35.1 Å². The minimum absolute atomic E-state index is 0.103. The summed E-state index contributed by atoms with van der Waals surface area (Å²) in [6, 6.07) is 15.5. The van der Waals surface area contributed by atoms with Crippen molar-refractivity contribution in [2.24, 2.45) is 0 Å². The standard InChI is InChI=1S/C26H21Cl2NO3/c1-15-4-3-5-17(8-15)10-23-24(30)20-11-19-13-29(12-18-6-7-21(27)22(28)9-18)14-31-25(19)16(2)26(20)32-23/h3-11H,12-14H2,1-2H3/b23-10-. The van der Waals surface area contributed by atoms with Crippen LogP contribution in [0.1, 0.15) is 38.2 Å². The van der Waals surface area contributed by atoms with Gasteiger partial charge in [0.2, 0.25) is 5.78 Å². The van der Waals surface area contributed by atoms with Gasteiger partial charge in [-0.1, -0.05) is 59.1 Å². The second-order valence-corrected chi connectivity index (χ2v) is 9.04. The zero-order valence-corrected chi connectivity index (χ0v) is 19.3. The Hall–Kier alpha value is -2.79. The maximum Gasteiger partial charge on any atom is 0.231 e. The quantitative estimate of drug-likeness (QED) is 0.409. The summed E-state index contributed by atoms with van der Waals surface area (Å²) in [5.74, 6) is 1.61. The molecule has 0 amide bonds. The number of nitrogens with zero attached hydrogens (tertiary/aromatic N) is 1. The fourth-order valence-corrected chi connectivity index (χ4v) is 4.53. The highest BCUT2D eigenvalue weighted by molar-refractivity contribution is 6.42. The Balaban J connectivity index is 1.41. The van der Waals surface area contributed by atoms with Crippen molar-refractivity contribution in [1.82, 2.24) is 4.90 Å². The molecule has 0 saturated carbocycles. The van der Waals surface area contributed by atoms with Crippen molar-refractivity contribution in [2.45, 2.75) is 26.9 Å². The van der Waals surface area contributed by atoms with Crippen LogP contribution in [0.5, 0.6) is 11.5 Å². The van der Waals surface area contributed by atoms with Gasteiger partial charge >= 0.3 is 0 Å². The van der Waals surface area contributed by atoms with Gasteiger partial charge in [0.1, 0.15) is 18.2 Å². The van der Waals surface area contributed by atoms with Gasteiger partial charge < -0.3 is 9.47 Å². The molecule has 0 saturated heterocycles. The van der Waals surface area contributed by atoms with Crippen LogP contribution in [0.3, 0.4) is 0 Å². The normalized spacial score (nSPS) is 16.5. The number of carbonyl (C=O) groups is 1. The predicted molar refractivity (Wildman–Crippen MR) is 126 cm³/mol. The van der Waals surface area contributed by atoms with Gasteiger partial charge in [-0.25, -0.2) is 0 Å². The Labute approximate surface area is 197 Å². The number of rotatable bonds is 3. The number of ketones is 1. The molecule has 6 heteroatoms. The average Bonchev–Trinajstić information content (AvgIpc) is 3.07. The smallest absolute Gasteiger partial charge is 0.231 e. The van der Waals surface area contributed by atoms with Crippen molar-refractivity contribution < 1.29 is 14.3 Å². The molecule has 2 aliphatic heterocycles. The Morgan fingerprint density at radius 1 is 1.03 bits per heavy atom. The van der Waals surface area contributed by atoms with E-state index in [-0.39, 0.29) is 5.78 Å². The first kappa shape index (κ1) is 21.1. The highest BCUT2D eigenvalue weighted by atomic mass is 35.5. The van der Waals surface area contributed by atoms with Crippen LogP contribution in [0.4, 0.5) is 0 Å². The molecule has 0 aliphatic carbocycles. The molecule has 3 aromatic rings. The molecule has 32 heavy (non-hydrogen) atoms. The van der Waals surface area contributed by atoms with E-state index in [2.05, 4.69) is 4.90 Å². The van der Waals surface area contributed by atoms with E-state index in [1.165, 1.54) is 0 Å². The van der Waals surface area contributed by atoms with Gasteiger partial charge in [0.15, 0.2) is 5.76 Å². The van der Waals surface area contributed by atoms with Crippen molar-refractivity contribution in [3.63, 3.8) is 0 Å². The number of carbonyl (C=O) groups excluding carboxylic acids is 1. The van der Waals surface area contributed by atoms with E-state index in [1.807, 2.05) is 56.3 Å². The number of aryl methyl sites for hydroxylation is 1. The molecule has 0 unspecified atom stereocenters. The Bertz CT molecular complexity index is 1280. The minimum atomic E-state index is -0.103. The SMILES string of the molecule is Cc1cccc(/C=C2\Oc3c(cc4c(c3C)OCN(Cc3ccc(Cl)c(Cl)c3)C4)C2=O)c1. The molecule has 3 aromatic carbocycles. The molecule has 0 spiro atoms. The molecule has 0 fully saturated rings. The number of fused-ring (bicyclic) bond motifs is 2. The van der Waals surface area contributed by atoms with Crippen LogP contribution >= 0.6 is 23.2 Å². The summed E-state index contributed by atoms with van der Waals surface area (Å²) in [4.78, 5) is 15.2. The van der Waals surface area contributed by atoms with Gasteiger partial charge in [0, 0.05) is 24.2 Å². The van der Waals surface area contributed by atoms with E-state index in [9.17, 15) is 4.79 Å². The van der Waals surface area contributed by atoms with E-state index >= 15 is 0 Å². The van der Waals surface area contributed by atoms with E-state index < -0.39 is 0 Å². The summed E-state index contributed by atoms with van der Waals surface area (Å²) in [6.45, 7) is 5.72. The molecule has 162 valence electrons. The Morgan fingerprint density at radius 2 is 1.88 bits per heavy atom. The highest BCUT2D eigenvalue weighted by Gasteiger charge is 2.33. The summed E-state index contributed by atoms with van der Waals surface area (Å²) in [7, 11) is 0. The monoisotopic (exact) mass is 465 g/mol. The van der Waals surface area contributed by atoms with Gasteiger partial charge in [-0.3, -0.25) is 9.69 Å². The predicted octanol–water partition coefficient (Wildman–Crippen LogP) is 6.58. The lowest BCUT2D eigenvalue weighted by Gasteiger charge is -2.30. The number of hydrogen-bond acceptors (Lipinski definition) is 4. The van der Waals surface area contributed by atoms with Crippen molar-refractivity contribution in [2.75, 3.05) is 6.73 Å². The average molecular weight is 466 g/mol. The number of ether oxygens (including phenoxy) is 2. The summed E-state index contributed by atoms with van der Waals surface area (Å²) >= 11 is 12.2. The molecule has 0 N–H and O–H groups in total. The number of benzene rings is 3. The largest absolute Gasteiger partial charge is 0.477 e. The van der Waals surface area contributed by atoms with Crippen molar-refractivity contribution in [3.05, 3.63) is 97.7 Å². The third kappa shape index (κ3) is 3.90. The van der Waals surface area contributed by atoms with Gasteiger partial charge in [-0.05, 0) is 49.2 Å². The van der Waals surface area contributed by atoms with Crippen LogP contribution in [0.25, 0.3) is 6.08 Å². The molecule has 0 radical (unpaired) electrons. The molecule has 0 bridgehead atoms. The summed E-state index contributed by atoms with van der Waals surface area (Å²) in [5, 5.41) is 1.07. The highest BCUT2D eigenvalue weighted by Crippen LogP contribution is 2.43. The number of halogens is 2. The number of Topliss-reactive ketones (excluding diaryl/α,β-unsaturated/α-hetero) is 1. The summed E-state index contributed by atoms with van der Waals surface area (Å²) < 4.78 is 12.1. The van der Waals surface area contributed by atoms with Crippen LogP contribution in [0, 0.1) is 13.8 Å². The minimum Gasteiger partial charge on any atom is -0.477 e. The van der Waals surface area contributed by atoms with Crippen LogP contribution < -0.4 is 9.47 Å². The van der Waals surface area contributed by atoms with Crippen molar-refractivity contribution in [3.8, 4) is 11.5 Å². The van der Waals surface area contributed by atoms with Crippen LogP contribution in [0.2, 0.25) is 10.0 Å². The first-order valence-corrected chi connectivity index (χ1v) is 11.1. The molecular formula is C26H21Cl2NO3. The molecule has 0 atom stereocenters. The molecular weight excluding hydrogens is 445 g/mol. The maximum absolute atomic E-state index is 13.1. The van der Waals surface area contributed by atoms with Gasteiger partial charge in [0.25, 0.3) is 0 Å². The van der Waals surface area contributed by atoms with Crippen molar-refractivity contribution in [1.29, 1.82) is 0 Å². The topological polar surface area (TPSA) is 38.8 Å². The maximum atomic E-state index is 13.1. The first-order valence-electron chi connectivity index (χ1n) is 10.4. The van der Waals surface area contributed by atoms with E-state index in [1.54, 1.807) is 12.1 Å². The van der Waals surface area contributed by atoms with E-state index in [0.29, 0.717) is 46.9 Å². The van der Waals surface area contributed by atoms with Crippen LogP contribution in [0.15, 0.2) is 54.3 Å². The number of allylic oxidation sites excluding steroid dienone is 1. The number of hydrogen-bond donors (Lipinski definition) is 0. The fraction of sp³-hybridized carbons (Fsp3) is 0.192. The lowest BCUT2D eigenvalue weighted by molar-refractivity contribution is 0.0876. The molecule has 2 heterocycles. The van der Waals surface area contributed by atoms with Crippen LogP contribution in [-0.4, -0.2) is 17.4 Å². The summed E-state index contributed by atoms with van der Waals surface area (Å²) in [6.07, 6.45) is 1.80. The molecule has 4 nitrogen and oxygen atoms in total. The lowest BCUT2D eigenvalue weighted by atomic mass is 9.99. The second kappa shape index (κ2) is 8.28. The summed E-state index contributed by atoms with van der Waals surface area (Å²) in [5.41, 5.74) is 5.53. The van der Waals surface area contributed by atoms with Gasteiger partial charge in [0.05, 0.1) is 15.6 Å². The zero-order chi connectivity index (χ0) is 22.4. The third-order valence-corrected chi connectivity index (χ3v) is 6.47. The Morgan fingerprint density at radius 3 is 2.66 bits per heavy atom. The molecule has 0 aromatic heterocycles. The third-order valence-electron chi connectivity index (χ3n) is 5.73. The Kier molecular flexibility index (Phi) is 5.46.